The van der Waals surface area contributed by atoms with E-state index < -0.39 is 5.91 Å². The summed E-state index contributed by atoms with van der Waals surface area (Å²) in [5.41, 5.74) is 13.3. The average Bonchev–Trinajstić information content (AvgIpc) is 3.46. The van der Waals surface area contributed by atoms with Gasteiger partial charge in [-0.2, -0.15) is 0 Å². The van der Waals surface area contributed by atoms with Crippen LogP contribution in [0.5, 0.6) is 11.5 Å². The Morgan fingerprint density at radius 3 is 2.33 bits per heavy atom. The van der Waals surface area contributed by atoms with Crippen LogP contribution in [-0.2, 0) is 0 Å². The van der Waals surface area contributed by atoms with E-state index in [1.807, 2.05) is 66.7 Å². The number of nitrogens with two attached hydrogens (primary N) is 1. The molecule has 1 amide bonds. The summed E-state index contributed by atoms with van der Waals surface area (Å²) in [5.74, 6) is 1.15. The first-order valence-corrected chi connectivity index (χ1v) is 16.3. The predicted molar refractivity (Wildman–Crippen MR) is 196 cm³/mol. The molecule has 0 aliphatic heterocycles. The number of rotatable bonds is 10. The van der Waals surface area contributed by atoms with Crippen molar-refractivity contribution in [2.45, 2.75) is 19.8 Å². The molecular weight excluding hydrogens is 619 g/mol. The van der Waals surface area contributed by atoms with E-state index in [-0.39, 0.29) is 5.78 Å². The first-order valence-electron chi connectivity index (χ1n) is 15.5. The van der Waals surface area contributed by atoms with Crippen LogP contribution in [0.1, 0.15) is 50.9 Å². The second-order valence-corrected chi connectivity index (χ2v) is 12.6. The van der Waals surface area contributed by atoms with Crippen molar-refractivity contribution in [3.8, 4) is 33.9 Å². The maximum absolute atomic E-state index is 13.7. The van der Waals surface area contributed by atoms with Crippen molar-refractivity contribution < 1.29 is 19.1 Å². The van der Waals surface area contributed by atoms with Gasteiger partial charge < -0.3 is 20.5 Å². The lowest BCUT2D eigenvalue weighted by Crippen LogP contribution is -2.12. The van der Waals surface area contributed by atoms with Crippen LogP contribution in [0.15, 0.2) is 109 Å². The molecule has 48 heavy (non-hydrogen) atoms. The number of aromatic nitrogens is 1. The Labute approximate surface area is 283 Å². The summed E-state index contributed by atoms with van der Waals surface area (Å²) in [6.45, 7) is 4.29. The molecule has 0 bridgehead atoms. The average molecular weight is 654 g/mol. The standard InChI is InChI=1S/C40H35N3O4S/c1-24(2)26-16-13-25(14-17-26)15-19-34(44)28-11-8-12-29(21-28)42-39(45)38-37(41)36-32(31-22-30(46-3)18-20-35(31)47-4)23-33(43-40(36)48-38)27-9-6-5-7-10-27/h5-24H,41H2,1-4H3,(H,42,45)/b19-15+. The molecule has 0 fully saturated rings. The summed E-state index contributed by atoms with van der Waals surface area (Å²) in [6, 6.07) is 32.3. The van der Waals surface area contributed by atoms with Crippen molar-refractivity contribution in [3.63, 3.8) is 0 Å². The fourth-order valence-electron chi connectivity index (χ4n) is 5.48. The first-order chi connectivity index (χ1) is 23.2. The number of anilines is 2. The summed E-state index contributed by atoms with van der Waals surface area (Å²) in [5, 5.41) is 3.58. The molecule has 0 aliphatic carbocycles. The van der Waals surface area contributed by atoms with E-state index in [1.165, 1.54) is 16.9 Å². The smallest absolute Gasteiger partial charge is 0.267 e. The highest BCUT2D eigenvalue weighted by Crippen LogP contribution is 2.45. The third-order valence-corrected chi connectivity index (χ3v) is 9.20. The summed E-state index contributed by atoms with van der Waals surface area (Å²) >= 11 is 1.21. The number of nitrogens with zero attached hydrogens (tertiary/aromatic N) is 1. The van der Waals surface area contributed by atoms with E-state index in [0.29, 0.717) is 49.4 Å². The molecule has 0 radical (unpaired) electrons. The van der Waals surface area contributed by atoms with Gasteiger partial charge in [0.15, 0.2) is 5.78 Å². The number of hydrogen-bond donors (Lipinski definition) is 2. The number of amides is 1. The molecule has 0 atom stereocenters. The number of hydrogen-bond acceptors (Lipinski definition) is 7. The Morgan fingerprint density at radius 1 is 0.854 bits per heavy atom. The fraction of sp³-hybridized carbons (Fsp3) is 0.125. The Kier molecular flexibility index (Phi) is 9.36. The van der Waals surface area contributed by atoms with Gasteiger partial charge in [0.05, 0.1) is 25.6 Å². The third kappa shape index (κ3) is 6.70. The van der Waals surface area contributed by atoms with E-state index in [9.17, 15) is 9.59 Å². The molecule has 2 aromatic heterocycles. The predicted octanol–water partition coefficient (Wildman–Crippen LogP) is 9.50. The summed E-state index contributed by atoms with van der Waals surface area (Å²) < 4.78 is 11.3. The van der Waals surface area contributed by atoms with Gasteiger partial charge in [0, 0.05) is 33.3 Å². The molecule has 8 heteroatoms. The Balaban J connectivity index is 1.33. The lowest BCUT2D eigenvalue weighted by atomic mass is 9.98. The minimum absolute atomic E-state index is 0.171. The Bertz CT molecular complexity index is 2150. The van der Waals surface area contributed by atoms with Gasteiger partial charge in [-0.3, -0.25) is 9.59 Å². The van der Waals surface area contributed by atoms with Crippen molar-refractivity contribution in [3.05, 3.63) is 131 Å². The molecule has 0 spiro atoms. The van der Waals surface area contributed by atoms with Crippen LogP contribution in [-0.4, -0.2) is 30.9 Å². The van der Waals surface area contributed by atoms with Gasteiger partial charge in [0.25, 0.3) is 5.91 Å². The van der Waals surface area contributed by atoms with Gasteiger partial charge in [-0.1, -0.05) is 86.7 Å². The topological polar surface area (TPSA) is 104 Å². The second kappa shape index (κ2) is 13.9. The van der Waals surface area contributed by atoms with E-state index in [4.69, 9.17) is 20.2 Å². The molecule has 6 aromatic rings. The van der Waals surface area contributed by atoms with Gasteiger partial charge in [-0.25, -0.2) is 4.98 Å². The second-order valence-electron chi connectivity index (χ2n) is 11.6. The van der Waals surface area contributed by atoms with E-state index in [1.54, 1.807) is 50.6 Å². The van der Waals surface area contributed by atoms with Crippen LogP contribution in [0, 0.1) is 0 Å². The number of ketones is 1. The Hall–Kier alpha value is -5.73. The monoisotopic (exact) mass is 653 g/mol. The van der Waals surface area contributed by atoms with Gasteiger partial charge in [0.2, 0.25) is 0 Å². The van der Waals surface area contributed by atoms with Crippen LogP contribution in [0.4, 0.5) is 11.4 Å². The number of ether oxygens (including phenoxy) is 2. The quantitative estimate of drug-likeness (QED) is 0.113. The summed E-state index contributed by atoms with van der Waals surface area (Å²) in [7, 11) is 3.21. The number of fused-ring (bicyclic) bond motifs is 1. The van der Waals surface area contributed by atoms with Gasteiger partial charge in [-0.05, 0) is 59.5 Å². The van der Waals surface area contributed by atoms with Crippen LogP contribution < -0.4 is 20.5 Å². The molecule has 2 heterocycles. The molecule has 0 unspecified atom stereocenters. The zero-order valence-electron chi connectivity index (χ0n) is 27.1. The molecule has 4 aromatic carbocycles. The normalized spacial score (nSPS) is 11.3. The number of carbonyl (C=O) groups is 2. The number of nitrogens with one attached hydrogen (secondary N) is 1. The number of carbonyl (C=O) groups excluding carboxylic acids is 2. The number of allylic oxidation sites excluding steroid dienone is 1. The van der Waals surface area contributed by atoms with Gasteiger partial charge >= 0.3 is 0 Å². The van der Waals surface area contributed by atoms with Crippen LogP contribution in [0.25, 0.3) is 38.7 Å². The van der Waals surface area contributed by atoms with Crippen molar-refractivity contribution in [1.82, 2.24) is 4.98 Å². The van der Waals surface area contributed by atoms with Crippen molar-refractivity contribution in [1.29, 1.82) is 0 Å². The number of methoxy groups -OCH3 is 2. The number of thiophene rings is 1. The van der Waals surface area contributed by atoms with E-state index in [0.717, 1.165) is 27.9 Å². The molecule has 7 nitrogen and oxygen atoms in total. The highest BCUT2D eigenvalue weighted by Gasteiger charge is 2.23. The van der Waals surface area contributed by atoms with E-state index in [2.05, 4.69) is 31.3 Å². The van der Waals surface area contributed by atoms with E-state index >= 15 is 0 Å². The molecule has 6 rings (SSSR count). The molecule has 0 saturated heterocycles. The SMILES string of the molecule is COc1ccc(OC)c(-c2cc(-c3ccccc3)nc3sc(C(=O)Nc4cccc(C(=O)/C=C/c5ccc(C(C)C)cc5)c4)c(N)c23)c1. The van der Waals surface area contributed by atoms with Crippen molar-refractivity contribution >= 4 is 50.7 Å². The molecule has 0 saturated carbocycles. The number of nitrogen functional groups attached to an aromatic ring is 1. The fourth-order valence-corrected chi connectivity index (χ4v) is 6.50. The van der Waals surface area contributed by atoms with Crippen molar-refractivity contribution in [2.24, 2.45) is 0 Å². The zero-order valence-corrected chi connectivity index (χ0v) is 27.9. The maximum Gasteiger partial charge on any atom is 0.267 e. The highest BCUT2D eigenvalue weighted by molar-refractivity contribution is 7.21. The summed E-state index contributed by atoms with van der Waals surface area (Å²) in [6.07, 6.45) is 3.33. The minimum atomic E-state index is -0.397. The maximum atomic E-state index is 13.7. The molecule has 3 N–H and O–H groups in total. The Morgan fingerprint density at radius 2 is 1.62 bits per heavy atom. The molecule has 240 valence electrons. The van der Waals surface area contributed by atoms with Gasteiger partial charge in [-0.15, -0.1) is 11.3 Å². The van der Waals surface area contributed by atoms with Crippen molar-refractivity contribution in [2.75, 3.05) is 25.3 Å². The first kappa shape index (κ1) is 32.2. The van der Waals surface area contributed by atoms with Crippen LogP contribution >= 0.6 is 11.3 Å². The summed E-state index contributed by atoms with van der Waals surface area (Å²) in [4.78, 5) is 32.6. The highest BCUT2D eigenvalue weighted by atomic mass is 32.1. The number of benzene rings is 4. The van der Waals surface area contributed by atoms with Crippen LogP contribution in [0.2, 0.25) is 0 Å². The lowest BCUT2D eigenvalue weighted by Gasteiger charge is -2.14. The minimum Gasteiger partial charge on any atom is -0.497 e. The third-order valence-electron chi connectivity index (χ3n) is 8.11. The van der Waals surface area contributed by atoms with Gasteiger partial charge in [0.1, 0.15) is 21.2 Å². The molecular formula is C40H35N3O4S. The zero-order chi connectivity index (χ0) is 33.8. The molecule has 0 aliphatic rings. The number of pyridine rings is 1. The van der Waals surface area contributed by atoms with Crippen LogP contribution in [0.3, 0.4) is 0 Å². The largest absolute Gasteiger partial charge is 0.497 e. The lowest BCUT2D eigenvalue weighted by molar-refractivity contribution is 0.102.